The van der Waals surface area contributed by atoms with E-state index >= 15 is 0 Å². The van der Waals surface area contributed by atoms with E-state index in [1.165, 1.54) is 0 Å². The van der Waals surface area contributed by atoms with Crippen LogP contribution in [0.5, 0.6) is 0 Å². The first kappa shape index (κ1) is 14.6. The number of aromatic nitrogens is 4. The highest BCUT2D eigenvalue weighted by Gasteiger charge is 2.41. The van der Waals surface area contributed by atoms with Crippen LogP contribution in [0.1, 0.15) is 38.3 Å². The van der Waals surface area contributed by atoms with Gasteiger partial charge in [0, 0.05) is 22.2 Å². The number of hydrogen-bond donors (Lipinski definition) is 1. The number of nitrogens with zero attached hydrogens (tertiary/aromatic N) is 4. The second-order valence-electron chi connectivity index (χ2n) is 6.86. The fraction of sp³-hybridized carbons (Fsp3) is 0.375. The zero-order valence-corrected chi connectivity index (χ0v) is 14.5. The molecular weight excluding hydrogens is 358 g/mol. The Labute approximate surface area is 142 Å². The largest absolute Gasteiger partial charge is 0.326 e. The molecule has 0 saturated carbocycles. The van der Waals surface area contributed by atoms with Gasteiger partial charge < -0.3 is 5.32 Å². The number of rotatable bonds is 1. The van der Waals surface area contributed by atoms with Crippen molar-refractivity contribution >= 4 is 27.7 Å². The summed E-state index contributed by atoms with van der Waals surface area (Å²) in [5, 5.41) is 15.2. The van der Waals surface area contributed by atoms with Gasteiger partial charge in [0.25, 0.3) is 0 Å². The summed E-state index contributed by atoms with van der Waals surface area (Å²) in [5.41, 5.74) is 2.68. The number of Topliss-reactive ketones (excluding diaryl/α,β-unsaturated/α-hetero) is 1. The van der Waals surface area contributed by atoms with Gasteiger partial charge in [-0.1, -0.05) is 47.0 Å². The van der Waals surface area contributed by atoms with Crippen LogP contribution in [0.25, 0.3) is 0 Å². The van der Waals surface area contributed by atoms with Crippen molar-refractivity contribution in [2.45, 2.75) is 32.7 Å². The predicted molar refractivity (Wildman–Crippen MR) is 88.8 cm³/mol. The Morgan fingerprint density at radius 3 is 2.74 bits per heavy atom. The quantitative estimate of drug-likeness (QED) is 0.831. The Morgan fingerprint density at radius 2 is 2.00 bits per heavy atom. The van der Waals surface area contributed by atoms with Crippen LogP contribution in [0.15, 0.2) is 40.0 Å². The van der Waals surface area contributed by atoms with Gasteiger partial charge in [0.1, 0.15) is 6.04 Å². The van der Waals surface area contributed by atoms with Crippen molar-refractivity contribution in [2.24, 2.45) is 5.41 Å². The van der Waals surface area contributed by atoms with Crippen LogP contribution >= 0.6 is 15.9 Å². The van der Waals surface area contributed by atoms with E-state index in [0.717, 1.165) is 27.7 Å². The summed E-state index contributed by atoms with van der Waals surface area (Å²) in [6.45, 7) is 4.23. The third kappa shape index (κ3) is 2.39. The number of fused-ring (bicyclic) bond motifs is 1. The summed E-state index contributed by atoms with van der Waals surface area (Å²) in [5.74, 6) is 0.750. The minimum atomic E-state index is -0.270. The fourth-order valence-corrected chi connectivity index (χ4v) is 3.69. The second-order valence-corrected chi connectivity index (χ2v) is 7.77. The first-order chi connectivity index (χ1) is 10.9. The van der Waals surface area contributed by atoms with E-state index in [1.807, 2.05) is 24.3 Å². The molecule has 1 N–H and O–H groups in total. The van der Waals surface area contributed by atoms with Crippen LogP contribution in [-0.2, 0) is 4.79 Å². The highest BCUT2D eigenvalue weighted by atomic mass is 79.9. The third-order valence-electron chi connectivity index (χ3n) is 4.38. The van der Waals surface area contributed by atoms with Gasteiger partial charge in [0.15, 0.2) is 5.78 Å². The van der Waals surface area contributed by atoms with Crippen molar-refractivity contribution < 1.29 is 4.79 Å². The molecule has 1 aromatic heterocycles. The lowest BCUT2D eigenvalue weighted by molar-refractivity contribution is -0.118. The zero-order valence-electron chi connectivity index (χ0n) is 12.9. The topological polar surface area (TPSA) is 72.7 Å². The monoisotopic (exact) mass is 373 g/mol. The standard InChI is InChI=1S/C16H16BrN5O/c1-16(2)7-11-13(12(23)8-16)14(9-3-5-10(17)6-4-9)22-15(18-11)19-20-21-22/h3-6,14H,7-8H2,1-2H3,(H,18,19,21)/t14-/m0/s1. The van der Waals surface area contributed by atoms with Gasteiger partial charge in [-0.2, -0.15) is 4.68 Å². The van der Waals surface area contributed by atoms with Crippen LogP contribution < -0.4 is 5.32 Å². The lowest BCUT2D eigenvalue weighted by atomic mass is 9.73. The molecule has 1 atom stereocenters. The van der Waals surface area contributed by atoms with Crippen molar-refractivity contribution in [1.29, 1.82) is 0 Å². The lowest BCUT2D eigenvalue weighted by Crippen LogP contribution is -2.36. The number of carbonyl (C=O) groups is 1. The molecule has 6 nitrogen and oxygen atoms in total. The first-order valence-electron chi connectivity index (χ1n) is 7.51. The van der Waals surface area contributed by atoms with E-state index in [9.17, 15) is 4.79 Å². The minimum absolute atomic E-state index is 0.0528. The molecule has 0 fully saturated rings. The SMILES string of the molecule is CC1(C)CC(=O)C2=C(C1)Nc1nnnn1[C@H]2c1ccc(Br)cc1. The predicted octanol–water partition coefficient (Wildman–Crippen LogP) is 3.09. The molecular formula is C16H16BrN5O. The van der Waals surface area contributed by atoms with Gasteiger partial charge in [-0.05, 0) is 40.0 Å². The van der Waals surface area contributed by atoms with Crippen molar-refractivity contribution in [3.63, 3.8) is 0 Å². The Balaban J connectivity index is 1.89. The first-order valence-corrected chi connectivity index (χ1v) is 8.30. The third-order valence-corrected chi connectivity index (χ3v) is 4.91. The summed E-state index contributed by atoms with van der Waals surface area (Å²) in [7, 11) is 0. The molecule has 2 aliphatic rings. The van der Waals surface area contributed by atoms with Gasteiger partial charge in [-0.3, -0.25) is 4.79 Å². The molecule has 118 valence electrons. The maximum Gasteiger partial charge on any atom is 0.248 e. The number of ketones is 1. The average Bonchev–Trinajstić information content (AvgIpc) is 2.92. The van der Waals surface area contributed by atoms with E-state index < -0.39 is 0 Å². The van der Waals surface area contributed by atoms with E-state index in [1.54, 1.807) is 4.68 Å². The number of tetrazole rings is 1. The number of allylic oxidation sites excluding steroid dienone is 2. The molecule has 23 heavy (non-hydrogen) atoms. The van der Waals surface area contributed by atoms with Crippen molar-refractivity contribution in [3.05, 3.63) is 45.6 Å². The summed E-state index contributed by atoms with van der Waals surface area (Å²) < 4.78 is 2.69. The lowest BCUT2D eigenvalue weighted by Gasteiger charge is -2.37. The maximum absolute atomic E-state index is 12.8. The van der Waals surface area contributed by atoms with E-state index in [4.69, 9.17) is 0 Å². The number of nitrogens with one attached hydrogen (secondary N) is 1. The molecule has 0 saturated heterocycles. The Morgan fingerprint density at radius 1 is 1.26 bits per heavy atom. The Kier molecular flexibility index (Phi) is 3.16. The van der Waals surface area contributed by atoms with Crippen LogP contribution in [0.3, 0.4) is 0 Å². The fourth-order valence-electron chi connectivity index (χ4n) is 3.42. The molecule has 0 unspecified atom stereocenters. The number of anilines is 1. The number of carbonyl (C=O) groups excluding carboxylic acids is 1. The molecule has 1 aliphatic carbocycles. The molecule has 2 heterocycles. The Hall–Kier alpha value is -2.02. The van der Waals surface area contributed by atoms with Crippen LogP contribution in [0.2, 0.25) is 0 Å². The normalized spacial score (nSPS) is 22.4. The van der Waals surface area contributed by atoms with Crippen molar-refractivity contribution in [3.8, 4) is 0 Å². The van der Waals surface area contributed by atoms with Crippen molar-refractivity contribution in [1.82, 2.24) is 20.2 Å². The van der Waals surface area contributed by atoms with Gasteiger partial charge in [0.05, 0.1) is 0 Å². The van der Waals surface area contributed by atoms with E-state index in [0.29, 0.717) is 12.4 Å². The smallest absolute Gasteiger partial charge is 0.248 e. The minimum Gasteiger partial charge on any atom is -0.326 e. The number of halogens is 1. The molecule has 0 bridgehead atoms. The van der Waals surface area contributed by atoms with Crippen LogP contribution in [0, 0.1) is 5.41 Å². The molecule has 7 heteroatoms. The van der Waals surface area contributed by atoms with E-state index in [-0.39, 0.29) is 17.2 Å². The molecule has 4 rings (SSSR count). The average molecular weight is 374 g/mol. The molecule has 1 aromatic carbocycles. The second kappa shape index (κ2) is 4.99. The summed E-state index contributed by atoms with van der Waals surface area (Å²) >= 11 is 3.45. The zero-order chi connectivity index (χ0) is 16.2. The van der Waals surface area contributed by atoms with Gasteiger partial charge in [0.2, 0.25) is 5.95 Å². The van der Waals surface area contributed by atoms with Gasteiger partial charge >= 0.3 is 0 Å². The summed E-state index contributed by atoms with van der Waals surface area (Å²) in [6, 6.07) is 7.68. The van der Waals surface area contributed by atoms with Crippen LogP contribution in [-0.4, -0.2) is 26.0 Å². The van der Waals surface area contributed by atoms with Gasteiger partial charge in [-0.15, -0.1) is 0 Å². The highest BCUT2D eigenvalue weighted by Crippen LogP contribution is 2.44. The molecule has 0 radical (unpaired) electrons. The number of hydrogen-bond acceptors (Lipinski definition) is 5. The van der Waals surface area contributed by atoms with Crippen LogP contribution in [0.4, 0.5) is 5.95 Å². The summed E-state index contributed by atoms with van der Waals surface area (Å²) in [6.07, 6.45) is 1.35. The number of benzene rings is 1. The van der Waals surface area contributed by atoms with Gasteiger partial charge in [-0.25, -0.2) is 0 Å². The van der Waals surface area contributed by atoms with Crippen molar-refractivity contribution in [2.75, 3.05) is 5.32 Å². The van der Waals surface area contributed by atoms with E-state index in [2.05, 4.69) is 50.6 Å². The highest BCUT2D eigenvalue weighted by molar-refractivity contribution is 9.10. The molecule has 0 amide bonds. The summed E-state index contributed by atoms with van der Waals surface area (Å²) in [4.78, 5) is 12.8. The molecule has 2 aromatic rings. The maximum atomic E-state index is 12.8. The molecule has 0 spiro atoms. The molecule has 1 aliphatic heterocycles. The Bertz CT molecular complexity index is 821.